The summed E-state index contributed by atoms with van der Waals surface area (Å²) >= 11 is 5.93. The van der Waals surface area contributed by atoms with Gasteiger partial charge in [-0.15, -0.1) is 0 Å². The number of halogens is 2. The van der Waals surface area contributed by atoms with Gasteiger partial charge in [0, 0.05) is 10.6 Å². The molecule has 2 N–H and O–H groups in total. The van der Waals surface area contributed by atoms with E-state index in [1.165, 1.54) is 13.2 Å². The monoisotopic (exact) mass is 376 g/mol. The molecule has 0 saturated carbocycles. The second-order valence-electron chi connectivity index (χ2n) is 5.78. The predicted molar refractivity (Wildman–Crippen MR) is 97.8 cm³/mol. The molecule has 0 aliphatic rings. The Hall–Kier alpha value is -2.62. The molecule has 0 aliphatic heterocycles. The molecule has 0 aromatic heterocycles. The molecule has 2 rings (SSSR count). The summed E-state index contributed by atoms with van der Waals surface area (Å²) in [6.45, 7) is 3.30. The Balaban J connectivity index is 2.03. The standard InChI is InChI=1S/C19H19ClFN3O2/c1-3-24(11-13-4-7-18(26-2)16(21)8-13)12-19(25)23-17-9-15(20)6-5-14(17)10-22/h4-9H,3,11-12H2,1-2H3,(H,23,25)/p+1. The van der Waals surface area contributed by atoms with Gasteiger partial charge in [-0.2, -0.15) is 5.26 Å². The molecule has 0 spiro atoms. The highest BCUT2D eigenvalue weighted by Gasteiger charge is 2.16. The lowest BCUT2D eigenvalue weighted by Gasteiger charge is -2.18. The molecule has 136 valence electrons. The molecule has 0 bridgehead atoms. The maximum Gasteiger partial charge on any atom is 0.279 e. The van der Waals surface area contributed by atoms with Gasteiger partial charge in [0.15, 0.2) is 18.1 Å². The van der Waals surface area contributed by atoms with E-state index < -0.39 is 5.82 Å². The maximum atomic E-state index is 13.8. The number of rotatable bonds is 7. The number of carbonyl (C=O) groups is 1. The van der Waals surface area contributed by atoms with Gasteiger partial charge < -0.3 is 15.0 Å². The molecular formula is C19H20ClFN3O2+. The van der Waals surface area contributed by atoms with Crippen LogP contribution in [0.3, 0.4) is 0 Å². The van der Waals surface area contributed by atoms with E-state index in [2.05, 4.69) is 5.32 Å². The fraction of sp³-hybridized carbons (Fsp3) is 0.263. The first-order valence-electron chi connectivity index (χ1n) is 8.12. The number of nitriles is 1. The van der Waals surface area contributed by atoms with Crippen LogP contribution in [0.2, 0.25) is 5.02 Å². The van der Waals surface area contributed by atoms with E-state index in [9.17, 15) is 9.18 Å². The topological polar surface area (TPSA) is 66.6 Å². The van der Waals surface area contributed by atoms with Crippen LogP contribution in [0.25, 0.3) is 0 Å². The summed E-state index contributed by atoms with van der Waals surface area (Å²) in [5.41, 5.74) is 1.50. The van der Waals surface area contributed by atoms with Gasteiger partial charge in [0.25, 0.3) is 5.91 Å². The van der Waals surface area contributed by atoms with Crippen molar-refractivity contribution in [1.29, 1.82) is 5.26 Å². The van der Waals surface area contributed by atoms with Crippen LogP contribution < -0.4 is 15.0 Å². The number of anilines is 1. The zero-order chi connectivity index (χ0) is 19.1. The number of nitrogens with one attached hydrogen (secondary N) is 2. The summed E-state index contributed by atoms with van der Waals surface area (Å²) in [5, 5.41) is 12.3. The van der Waals surface area contributed by atoms with Gasteiger partial charge in [-0.3, -0.25) is 4.79 Å². The van der Waals surface area contributed by atoms with Crippen LogP contribution in [0.15, 0.2) is 36.4 Å². The van der Waals surface area contributed by atoms with Crippen molar-refractivity contribution in [3.05, 3.63) is 58.4 Å². The lowest BCUT2D eigenvalue weighted by atomic mass is 10.2. The van der Waals surface area contributed by atoms with Gasteiger partial charge in [-0.25, -0.2) is 4.39 Å². The minimum atomic E-state index is -0.428. The molecule has 0 aliphatic carbocycles. The third-order valence-corrected chi connectivity index (χ3v) is 4.19. The van der Waals surface area contributed by atoms with Crippen molar-refractivity contribution in [2.45, 2.75) is 13.5 Å². The van der Waals surface area contributed by atoms with Crippen LogP contribution in [0.1, 0.15) is 18.1 Å². The molecule has 1 atom stereocenters. The second kappa shape index (κ2) is 9.18. The number of benzene rings is 2. The average Bonchev–Trinajstić information content (AvgIpc) is 2.61. The molecular weight excluding hydrogens is 357 g/mol. The maximum absolute atomic E-state index is 13.8. The quantitative estimate of drug-likeness (QED) is 0.779. The van der Waals surface area contributed by atoms with Gasteiger partial charge in [0.05, 0.1) is 24.9 Å². The second-order valence-corrected chi connectivity index (χ2v) is 6.21. The molecule has 7 heteroatoms. The summed E-state index contributed by atoms with van der Waals surface area (Å²) in [4.78, 5) is 13.3. The summed E-state index contributed by atoms with van der Waals surface area (Å²) < 4.78 is 18.7. The summed E-state index contributed by atoms with van der Waals surface area (Å²) in [5.74, 6) is -0.480. The number of quaternary nitrogens is 1. The van der Waals surface area contributed by atoms with Crippen LogP contribution in [-0.2, 0) is 11.3 Å². The third kappa shape index (κ3) is 5.19. The molecule has 0 fully saturated rings. The van der Waals surface area contributed by atoms with E-state index in [1.54, 1.807) is 30.3 Å². The van der Waals surface area contributed by atoms with Crippen molar-refractivity contribution in [1.82, 2.24) is 0 Å². The number of likely N-dealkylation sites (N-methyl/N-ethyl adjacent to an activating group) is 1. The van der Waals surface area contributed by atoms with E-state index in [0.29, 0.717) is 29.4 Å². The summed E-state index contributed by atoms with van der Waals surface area (Å²) in [6, 6.07) is 11.5. The number of nitrogens with zero attached hydrogens (tertiary/aromatic N) is 1. The Morgan fingerprint density at radius 2 is 2.12 bits per heavy atom. The normalized spacial score (nSPS) is 11.5. The molecule has 1 amide bonds. The highest BCUT2D eigenvalue weighted by Crippen LogP contribution is 2.20. The van der Waals surface area contributed by atoms with Crippen LogP contribution in [0, 0.1) is 17.1 Å². The average molecular weight is 377 g/mol. The van der Waals surface area contributed by atoms with Gasteiger partial charge in [-0.05, 0) is 43.3 Å². The molecule has 0 radical (unpaired) electrons. The first-order chi connectivity index (χ1) is 12.5. The van der Waals surface area contributed by atoms with Crippen molar-refractivity contribution < 1.29 is 18.8 Å². The minimum Gasteiger partial charge on any atom is -0.494 e. The molecule has 2 aromatic rings. The number of carbonyl (C=O) groups excluding carboxylic acids is 1. The van der Waals surface area contributed by atoms with Crippen LogP contribution in [0.4, 0.5) is 10.1 Å². The Kier molecular flexibility index (Phi) is 6.96. The third-order valence-electron chi connectivity index (χ3n) is 3.96. The Morgan fingerprint density at radius 3 is 2.73 bits per heavy atom. The Morgan fingerprint density at radius 1 is 1.35 bits per heavy atom. The highest BCUT2D eigenvalue weighted by molar-refractivity contribution is 6.31. The number of hydrogen-bond acceptors (Lipinski definition) is 3. The van der Waals surface area contributed by atoms with Crippen molar-refractivity contribution in [3.63, 3.8) is 0 Å². The fourth-order valence-corrected chi connectivity index (χ4v) is 2.73. The van der Waals surface area contributed by atoms with E-state index >= 15 is 0 Å². The van der Waals surface area contributed by atoms with Gasteiger partial charge in [0.2, 0.25) is 0 Å². The molecule has 26 heavy (non-hydrogen) atoms. The Bertz CT molecular complexity index is 836. The van der Waals surface area contributed by atoms with E-state index in [1.807, 2.05) is 13.0 Å². The zero-order valence-electron chi connectivity index (χ0n) is 14.6. The summed E-state index contributed by atoms with van der Waals surface area (Å²) in [6.07, 6.45) is 0. The number of amides is 1. The number of methoxy groups -OCH3 is 1. The van der Waals surface area contributed by atoms with Gasteiger partial charge in [-0.1, -0.05) is 11.6 Å². The highest BCUT2D eigenvalue weighted by atomic mass is 35.5. The number of hydrogen-bond donors (Lipinski definition) is 2. The van der Waals surface area contributed by atoms with Crippen molar-refractivity contribution in [3.8, 4) is 11.8 Å². The Labute approximate surface area is 156 Å². The lowest BCUT2D eigenvalue weighted by molar-refractivity contribution is -0.903. The lowest BCUT2D eigenvalue weighted by Crippen LogP contribution is -3.11. The summed E-state index contributed by atoms with van der Waals surface area (Å²) in [7, 11) is 1.41. The minimum absolute atomic E-state index is 0.182. The van der Waals surface area contributed by atoms with Crippen molar-refractivity contribution in [2.75, 3.05) is 25.5 Å². The largest absolute Gasteiger partial charge is 0.494 e. The van der Waals surface area contributed by atoms with Crippen molar-refractivity contribution in [2.24, 2.45) is 0 Å². The van der Waals surface area contributed by atoms with E-state index in [4.69, 9.17) is 21.6 Å². The fourth-order valence-electron chi connectivity index (χ4n) is 2.56. The molecule has 2 aromatic carbocycles. The predicted octanol–water partition coefficient (Wildman–Crippen LogP) is 2.40. The molecule has 1 unspecified atom stereocenters. The first-order valence-corrected chi connectivity index (χ1v) is 8.50. The van der Waals surface area contributed by atoms with Crippen molar-refractivity contribution >= 4 is 23.2 Å². The molecule has 5 nitrogen and oxygen atoms in total. The van der Waals surface area contributed by atoms with Crippen LogP contribution in [-0.4, -0.2) is 26.1 Å². The molecule has 0 heterocycles. The van der Waals surface area contributed by atoms with Crippen LogP contribution >= 0.6 is 11.6 Å². The SMILES string of the molecule is CC[NH+](CC(=O)Nc1cc(Cl)ccc1C#N)Cc1ccc(OC)c(F)c1. The number of ether oxygens (including phenoxy) is 1. The van der Waals surface area contributed by atoms with Gasteiger partial charge >= 0.3 is 0 Å². The molecule has 0 saturated heterocycles. The first kappa shape index (κ1) is 19.7. The van der Waals surface area contributed by atoms with E-state index in [-0.39, 0.29) is 18.2 Å². The van der Waals surface area contributed by atoms with E-state index in [0.717, 1.165) is 10.5 Å². The zero-order valence-corrected chi connectivity index (χ0v) is 15.4. The smallest absolute Gasteiger partial charge is 0.279 e. The van der Waals surface area contributed by atoms with Gasteiger partial charge in [0.1, 0.15) is 12.6 Å². The van der Waals surface area contributed by atoms with Crippen LogP contribution in [0.5, 0.6) is 5.75 Å².